The lowest BCUT2D eigenvalue weighted by atomic mass is 10.2. The van der Waals surface area contributed by atoms with Crippen LogP contribution < -0.4 is 0 Å². The number of carbonyl (C=O) groups is 2. The summed E-state index contributed by atoms with van der Waals surface area (Å²) in [6.45, 7) is 1.29. The van der Waals surface area contributed by atoms with E-state index >= 15 is 0 Å². The molecule has 0 aliphatic heterocycles. The summed E-state index contributed by atoms with van der Waals surface area (Å²) in [5.41, 5.74) is -0.00935. The normalized spacial score (nSPS) is 12.8. The Labute approximate surface area is 68.3 Å². The summed E-state index contributed by atoms with van der Waals surface area (Å²) in [6, 6.07) is 0. The number of carboxylic acid groups (broad SMARTS) is 1. The molecule has 0 fully saturated rings. The van der Waals surface area contributed by atoms with Gasteiger partial charge in [-0.1, -0.05) is 0 Å². The van der Waals surface area contributed by atoms with Crippen molar-refractivity contribution in [3.05, 3.63) is 23.7 Å². The molecule has 0 amide bonds. The molecule has 0 radical (unpaired) electrons. The highest BCUT2D eigenvalue weighted by Gasteiger charge is 2.08. The van der Waals surface area contributed by atoms with Gasteiger partial charge in [0, 0.05) is 0 Å². The van der Waals surface area contributed by atoms with Crippen molar-refractivity contribution >= 4 is 11.8 Å². The zero-order valence-corrected chi connectivity index (χ0v) is 6.31. The van der Waals surface area contributed by atoms with Crippen molar-refractivity contribution in [2.24, 2.45) is 0 Å². The van der Waals surface area contributed by atoms with Gasteiger partial charge < -0.3 is 15.3 Å². The molecule has 0 rings (SSSR count). The fourth-order valence-corrected chi connectivity index (χ4v) is 0.434. The average Bonchev–Trinajstić information content (AvgIpc) is 2.02. The molecule has 0 aromatic rings. The quantitative estimate of drug-likeness (QED) is 0.250. The van der Waals surface area contributed by atoms with Crippen molar-refractivity contribution in [1.29, 1.82) is 0 Å². The second-order valence-corrected chi connectivity index (χ2v) is 2.01. The summed E-state index contributed by atoms with van der Waals surface area (Å²) >= 11 is 0. The van der Waals surface area contributed by atoms with Gasteiger partial charge in [-0.05, 0) is 18.6 Å². The molecule has 5 nitrogen and oxygen atoms in total. The van der Waals surface area contributed by atoms with Crippen molar-refractivity contribution in [3.63, 3.8) is 0 Å². The van der Waals surface area contributed by atoms with Crippen LogP contribution in [0.1, 0.15) is 6.92 Å². The minimum Gasteiger partial charge on any atom is -0.512 e. The number of carboxylic acids is 1. The Morgan fingerprint density at radius 3 is 2.08 bits per heavy atom. The highest BCUT2D eigenvalue weighted by atomic mass is 16.4. The lowest BCUT2D eigenvalue weighted by Gasteiger charge is -1.95. The fourth-order valence-electron chi connectivity index (χ4n) is 0.434. The second kappa shape index (κ2) is 4.17. The molecule has 0 saturated carbocycles. The molecule has 0 bridgehead atoms. The maximum atomic E-state index is 10.5. The number of ketones is 1. The predicted octanol–water partition coefficient (Wildman–Crippen LogP) is 0.544. The Bertz CT molecular complexity index is 261. The van der Waals surface area contributed by atoms with Gasteiger partial charge in [0.1, 0.15) is 6.26 Å². The largest absolute Gasteiger partial charge is 0.512 e. The maximum absolute atomic E-state index is 10.5. The van der Waals surface area contributed by atoms with Gasteiger partial charge in [0.25, 0.3) is 5.78 Å². The first kappa shape index (κ1) is 10.2. The SMILES string of the molecule is CC(=C\C(=O)C(=O)O)/C(O)=C/O. The number of aliphatic hydroxyl groups is 2. The molecule has 0 aromatic heterocycles. The topological polar surface area (TPSA) is 94.8 Å². The van der Waals surface area contributed by atoms with E-state index in [-0.39, 0.29) is 5.57 Å². The van der Waals surface area contributed by atoms with Crippen LogP contribution in [0.4, 0.5) is 0 Å². The third kappa shape index (κ3) is 2.87. The third-order valence-corrected chi connectivity index (χ3v) is 1.08. The molecule has 12 heavy (non-hydrogen) atoms. The number of hydrogen-bond donors (Lipinski definition) is 3. The molecule has 0 aromatic carbocycles. The van der Waals surface area contributed by atoms with E-state index in [1.54, 1.807) is 0 Å². The molecular weight excluding hydrogens is 164 g/mol. The van der Waals surface area contributed by atoms with Crippen molar-refractivity contribution in [3.8, 4) is 0 Å². The van der Waals surface area contributed by atoms with Gasteiger partial charge >= 0.3 is 5.97 Å². The van der Waals surface area contributed by atoms with Gasteiger partial charge in [-0.25, -0.2) is 4.79 Å². The smallest absolute Gasteiger partial charge is 0.376 e. The zero-order chi connectivity index (χ0) is 9.72. The van der Waals surface area contributed by atoms with Crippen molar-refractivity contribution in [2.75, 3.05) is 0 Å². The number of rotatable bonds is 3. The Balaban J connectivity index is 4.58. The van der Waals surface area contributed by atoms with Gasteiger partial charge in [0.15, 0.2) is 5.76 Å². The van der Waals surface area contributed by atoms with Crippen molar-refractivity contribution in [2.45, 2.75) is 6.92 Å². The number of carbonyl (C=O) groups excluding carboxylic acids is 1. The summed E-state index contributed by atoms with van der Waals surface area (Å²) in [7, 11) is 0. The minimum absolute atomic E-state index is 0.00935. The summed E-state index contributed by atoms with van der Waals surface area (Å²) in [6.07, 6.45) is 1.09. The van der Waals surface area contributed by atoms with Crippen LogP contribution in [0.15, 0.2) is 23.7 Å². The Morgan fingerprint density at radius 1 is 1.25 bits per heavy atom. The Kier molecular flexibility index (Phi) is 3.55. The molecule has 0 aliphatic carbocycles. The predicted molar refractivity (Wildman–Crippen MR) is 39.7 cm³/mol. The van der Waals surface area contributed by atoms with Crippen LogP contribution in [0, 0.1) is 0 Å². The molecule has 0 aliphatic rings. The standard InChI is InChI=1S/C7H8O5/c1-4(6(10)3-8)2-5(9)7(11)12/h2-3,8,10H,1H3,(H,11,12)/b4-2+,6-3-. The highest BCUT2D eigenvalue weighted by Crippen LogP contribution is 2.03. The van der Waals surface area contributed by atoms with E-state index in [0.29, 0.717) is 12.3 Å². The van der Waals surface area contributed by atoms with Crippen molar-refractivity contribution < 1.29 is 24.9 Å². The van der Waals surface area contributed by atoms with E-state index in [1.165, 1.54) is 6.92 Å². The fraction of sp³-hybridized carbons (Fsp3) is 0.143. The number of allylic oxidation sites excluding steroid dienone is 1. The third-order valence-electron chi connectivity index (χ3n) is 1.08. The average molecular weight is 172 g/mol. The summed E-state index contributed by atoms with van der Waals surface area (Å²) < 4.78 is 0. The second-order valence-electron chi connectivity index (χ2n) is 2.01. The molecule has 0 atom stereocenters. The summed E-state index contributed by atoms with van der Waals surface area (Å²) in [4.78, 5) is 20.5. The van der Waals surface area contributed by atoms with E-state index in [2.05, 4.69) is 0 Å². The summed E-state index contributed by atoms with van der Waals surface area (Å²) in [5, 5.41) is 25.1. The maximum Gasteiger partial charge on any atom is 0.376 e. The Hall–Kier alpha value is -1.78. The first-order valence-electron chi connectivity index (χ1n) is 2.98. The molecule has 3 N–H and O–H groups in total. The molecule has 66 valence electrons. The monoisotopic (exact) mass is 172 g/mol. The first-order valence-corrected chi connectivity index (χ1v) is 2.98. The van der Waals surface area contributed by atoms with Crippen LogP contribution in [-0.4, -0.2) is 27.1 Å². The van der Waals surface area contributed by atoms with Gasteiger partial charge in [-0.2, -0.15) is 0 Å². The molecule has 0 saturated heterocycles. The van der Waals surface area contributed by atoms with E-state index in [0.717, 1.165) is 0 Å². The van der Waals surface area contributed by atoms with E-state index in [9.17, 15) is 9.59 Å². The molecule has 0 unspecified atom stereocenters. The lowest BCUT2D eigenvalue weighted by molar-refractivity contribution is -0.146. The Morgan fingerprint density at radius 2 is 1.75 bits per heavy atom. The first-order chi connectivity index (χ1) is 5.49. The molecule has 5 heteroatoms. The van der Waals surface area contributed by atoms with Crippen LogP contribution in [0.3, 0.4) is 0 Å². The minimum atomic E-state index is -1.61. The number of aliphatic hydroxyl groups excluding tert-OH is 2. The van der Waals surface area contributed by atoms with Gasteiger partial charge in [0.05, 0.1) is 0 Å². The molecular formula is C7H8O5. The van der Waals surface area contributed by atoms with Crippen LogP contribution in [0.2, 0.25) is 0 Å². The number of aliphatic carboxylic acids is 1. The van der Waals surface area contributed by atoms with E-state index in [4.69, 9.17) is 15.3 Å². The van der Waals surface area contributed by atoms with Crippen LogP contribution >= 0.6 is 0 Å². The van der Waals surface area contributed by atoms with E-state index < -0.39 is 17.5 Å². The van der Waals surface area contributed by atoms with Gasteiger partial charge in [-0.3, -0.25) is 4.79 Å². The van der Waals surface area contributed by atoms with Gasteiger partial charge in [-0.15, -0.1) is 0 Å². The molecule has 0 spiro atoms. The highest BCUT2D eigenvalue weighted by molar-refractivity contribution is 6.37. The van der Waals surface area contributed by atoms with Crippen LogP contribution in [0.5, 0.6) is 0 Å². The summed E-state index contributed by atoms with van der Waals surface area (Å²) in [5.74, 6) is -3.30. The lowest BCUT2D eigenvalue weighted by Crippen LogP contribution is -2.09. The van der Waals surface area contributed by atoms with E-state index in [1.807, 2.05) is 0 Å². The van der Waals surface area contributed by atoms with Gasteiger partial charge in [0.2, 0.25) is 0 Å². The zero-order valence-electron chi connectivity index (χ0n) is 6.31. The molecule has 0 heterocycles. The van der Waals surface area contributed by atoms with Crippen LogP contribution in [0.25, 0.3) is 0 Å². The van der Waals surface area contributed by atoms with Crippen molar-refractivity contribution in [1.82, 2.24) is 0 Å². The number of hydrogen-bond acceptors (Lipinski definition) is 4. The van der Waals surface area contributed by atoms with Crippen LogP contribution in [-0.2, 0) is 9.59 Å².